The molecule has 0 bridgehead atoms. The van der Waals surface area contributed by atoms with Gasteiger partial charge in [0, 0.05) is 29.3 Å². The van der Waals surface area contributed by atoms with Crippen LogP contribution in [0.15, 0.2) is 45.6 Å². The molecule has 0 amide bonds. The third-order valence-corrected chi connectivity index (χ3v) is 3.59. The van der Waals surface area contributed by atoms with E-state index in [4.69, 9.17) is 9.47 Å². The molecule has 6 heteroatoms. The minimum atomic E-state index is -0.408. The fourth-order valence-corrected chi connectivity index (χ4v) is 2.26. The Morgan fingerprint density at radius 1 is 1.20 bits per heavy atom. The van der Waals surface area contributed by atoms with Crippen LogP contribution in [-0.4, -0.2) is 43.1 Å². The minimum absolute atomic E-state index is 0.338. The number of esters is 1. The number of ether oxygens (including phenoxy) is 2. The zero-order valence-corrected chi connectivity index (χ0v) is 12.3. The number of cyclic esters (lactones) is 1. The van der Waals surface area contributed by atoms with Crippen molar-refractivity contribution in [3.05, 3.63) is 46.2 Å². The fraction of sp³-hybridized carbons (Fsp3) is 0.286. The highest BCUT2D eigenvalue weighted by atomic mass is 79.9. The van der Waals surface area contributed by atoms with Crippen LogP contribution in [-0.2, 0) is 14.3 Å². The van der Waals surface area contributed by atoms with E-state index in [9.17, 15) is 4.79 Å². The summed E-state index contributed by atoms with van der Waals surface area (Å²) >= 11 is 3.37. The van der Waals surface area contributed by atoms with Crippen LogP contribution in [0.3, 0.4) is 0 Å². The molecule has 2 aliphatic rings. The average molecular weight is 337 g/mol. The largest absolute Gasteiger partial charge is 0.402 e. The second-order valence-corrected chi connectivity index (χ2v) is 5.39. The summed E-state index contributed by atoms with van der Waals surface area (Å²) in [4.78, 5) is 18.1. The number of benzene rings is 1. The van der Waals surface area contributed by atoms with E-state index < -0.39 is 5.97 Å². The first-order chi connectivity index (χ1) is 9.72. The first kappa shape index (κ1) is 13.3. The van der Waals surface area contributed by atoms with Gasteiger partial charge in [-0.05, 0) is 24.3 Å². The number of halogens is 1. The van der Waals surface area contributed by atoms with Crippen LogP contribution in [0.1, 0.15) is 5.56 Å². The summed E-state index contributed by atoms with van der Waals surface area (Å²) in [5, 5.41) is 0. The van der Waals surface area contributed by atoms with Gasteiger partial charge in [-0.25, -0.2) is 9.79 Å². The number of hydrogen-bond donors (Lipinski definition) is 0. The van der Waals surface area contributed by atoms with Crippen molar-refractivity contribution in [2.75, 3.05) is 26.3 Å². The van der Waals surface area contributed by atoms with E-state index in [0.29, 0.717) is 24.8 Å². The van der Waals surface area contributed by atoms with Crippen LogP contribution < -0.4 is 0 Å². The van der Waals surface area contributed by atoms with Gasteiger partial charge < -0.3 is 14.4 Å². The van der Waals surface area contributed by atoms with E-state index in [2.05, 4.69) is 20.9 Å². The fourth-order valence-electron chi connectivity index (χ4n) is 1.99. The SMILES string of the molecule is O=C1OC(c2ccc(Br)cc2)=NC1=CN1CCOCC1. The van der Waals surface area contributed by atoms with Crippen molar-refractivity contribution in [2.24, 2.45) is 4.99 Å². The zero-order valence-electron chi connectivity index (χ0n) is 10.7. The Kier molecular flexibility index (Phi) is 3.84. The van der Waals surface area contributed by atoms with Crippen LogP contribution in [0.25, 0.3) is 0 Å². The molecule has 2 aliphatic heterocycles. The van der Waals surface area contributed by atoms with E-state index in [0.717, 1.165) is 23.1 Å². The Balaban J connectivity index is 1.80. The van der Waals surface area contributed by atoms with Crippen molar-refractivity contribution in [2.45, 2.75) is 0 Å². The standard InChI is InChI=1S/C14H13BrN2O3/c15-11-3-1-10(2-4-11)13-16-12(14(18)20-13)9-17-5-7-19-8-6-17/h1-4,9H,5-8H2. The van der Waals surface area contributed by atoms with Crippen LogP contribution in [0, 0.1) is 0 Å². The lowest BCUT2D eigenvalue weighted by Gasteiger charge is -2.24. The molecule has 5 nitrogen and oxygen atoms in total. The van der Waals surface area contributed by atoms with E-state index in [1.54, 1.807) is 6.20 Å². The van der Waals surface area contributed by atoms with Gasteiger partial charge in [0.1, 0.15) is 0 Å². The third-order valence-electron chi connectivity index (χ3n) is 3.06. The topological polar surface area (TPSA) is 51.1 Å². The highest BCUT2D eigenvalue weighted by Crippen LogP contribution is 2.19. The average Bonchev–Trinajstić information content (AvgIpc) is 2.82. The van der Waals surface area contributed by atoms with Gasteiger partial charge >= 0.3 is 5.97 Å². The summed E-state index contributed by atoms with van der Waals surface area (Å²) in [5.41, 5.74) is 1.12. The molecule has 1 fully saturated rings. The van der Waals surface area contributed by atoms with Gasteiger partial charge in [0.25, 0.3) is 0 Å². The molecule has 0 spiro atoms. The summed E-state index contributed by atoms with van der Waals surface area (Å²) in [6.07, 6.45) is 1.75. The molecular formula is C14H13BrN2O3. The molecule has 20 heavy (non-hydrogen) atoms. The summed E-state index contributed by atoms with van der Waals surface area (Å²) < 4.78 is 11.4. The molecule has 0 saturated carbocycles. The predicted octanol–water partition coefficient (Wildman–Crippen LogP) is 1.93. The minimum Gasteiger partial charge on any atom is -0.402 e. The van der Waals surface area contributed by atoms with Crippen LogP contribution in [0.4, 0.5) is 0 Å². The maximum Gasteiger partial charge on any atom is 0.365 e. The Hall–Kier alpha value is -1.66. The summed E-state index contributed by atoms with van der Waals surface area (Å²) in [5.74, 6) is -0.0589. The van der Waals surface area contributed by atoms with Crippen LogP contribution in [0.5, 0.6) is 0 Å². The molecule has 104 valence electrons. The lowest BCUT2D eigenvalue weighted by atomic mass is 10.2. The van der Waals surface area contributed by atoms with Crippen molar-refractivity contribution in [1.29, 1.82) is 0 Å². The van der Waals surface area contributed by atoms with Gasteiger partial charge in [-0.15, -0.1) is 0 Å². The van der Waals surface area contributed by atoms with Crippen molar-refractivity contribution in [3.8, 4) is 0 Å². The lowest BCUT2D eigenvalue weighted by Crippen LogP contribution is -2.32. The van der Waals surface area contributed by atoms with E-state index >= 15 is 0 Å². The molecule has 2 heterocycles. The quantitative estimate of drug-likeness (QED) is 0.611. The smallest absolute Gasteiger partial charge is 0.365 e. The van der Waals surface area contributed by atoms with E-state index in [1.165, 1.54) is 0 Å². The lowest BCUT2D eigenvalue weighted by molar-refractivity contribution is -0.130. The second kappa shape index (κ2) is 5.76. The van der Waals surface area contributed by atoms with Gasteiger partial charge in [-0.2, -0.15) is 0 Å². The summed E-state index contributed by atoms with van der Waals surface area (Å²) in [7, 11) is 0. The number of rotatable bonds is 2. The first-order valence-electron chi connectivity index (χ1n) is 6.33. The van der Waals surface area contributed by atoms with Crippen molar-refractivity contribution in [3.63, 3.8) is 0 Å². The van der Waals surface area contributed by atoms with Gasteiger partial charge in [0.2, 0.25) is 5.90 Å². The highest BCUT2D eigenvalue weighted by Gasteiger charge is 2.25. The monoisotopic (exact) mass is 336 g/mol. The maximum absolute atomic E-state index is 11.8. The molecule has 0 radical (unpaired) electrons. The normalized spacial score (nSPS) is 21.1. The van der Waals surface area contributed by atoms with E-state index in [1.807, 2.05) is 29.2 Å². The molecule has 0 aliphatic carbocycles. The van der Waals surface area contributed by atoms with Crippen molar-refractivity contribution < 1.29 is 14.3 Å². The van der Waals surface area contributed by atoms with Gasteiger partial charge in [0.15, 0.2) is 5.70 Å². The Bertz CT molecular complexity index is 575. The van der Waals surface area contributed by atoms with Crippen molar-refractivity contribution in [1.82, 2.24) is 4.90 Å². The molecule has 3 rings (SSSR count). The number of nitrogens with zero attached hydrogens (tertiary/aromatic N) is 2. The Morgan fingerprint density at radius 3 is 2.60 bits per heavy atom. The number of aliphatic imine (C=N–C) groups is 1. The summed E-state index contributed by atoms with van der Waals surface area (Å²) in [6, 6.07) is 7.48. The van der Waals surface area contributed by atoms with E-state index in [-0.39, 0.29) is 0 Å². The molecule has 1 saturated heterocycles. The van der Waals surface area contributed by atoms with Crippen molar-refractivity contribution >= 4 is 27.8 Å². The molecule has 0 aromatic heterocycles. The Morgan fingerprint density at radius 2 is 1.90 bits per heavy atom. The zero-order chi connectivity index (χ0) is 13.9. The molecule has 1 aromatic carbocycles. The number of carbonyl (C=O) groups is 1. The van der Waals surface area contributed by atoms with Gasteiger partial charge in [-0.3, -0.25) is 0 Å². The molecule has 0 unspecified atom stereocenters. The van der Waals surface area contributed by atoms with Gasteiger partial charge in [0.05, 0.1) is 13.2 Å². The first-order valence-corrected chi connectivity index (χ1v) is 7.12. The number of hydrogen-bond acceptors (Lipinski definition) is 5. The van der Waals surface area contributed by atoms with Crippen LogP contribution >= 0.6 is 15.9 Å². The highest BCUT2D eigenvalue weighted by molar-refractivity contribution is 9.10. The van der Waals surface area contributed by atoms with Gasteiger partial charge in [-0.1, -0.05) is 15.9 Å². The van der Waals surface area contributed by atoms with Crippen LogP contribution in [0.2, 0.25) is 0 Å². The summed E-state index contributed by atoms with van der Waals surface area (Å²) in [6.45, 7) is 2.87. The Labute approximate surface area is 125 Å². The molecular weight excluding hydrogens is 324 g/mol. The molecule has 0 atom stereocenters. The maximum atomic E-state index is 11.8. The number of carbonyl (C=O) groups excluding carboxylic acids is 1. The molecule has 1 aromatic rings. The number of morpholine rings is 1. The molecule has 0 N–H and O–H groups in total. The second-order valence-electron chi connectivity index (χ2n) is 4.48. The third kappa shape index (κ3) is 2.91. The predicted molar refractivity (Wildman–Crippen MR) is 77.2 cm³/mol.